The van der Waals surface area contributed by atoms with Gasteiger partial charge in [-0.05, 0) is 81.5 Å². The van der Waals surface area contributed by atoms with Gasteiger partial charge >= 0.3 is 0 Å². The molecular formula is C25H43N3O2. The van der Waals surface area contributed by atoms with Crippen LogP contribution in [0.4, 0.5) is 0 Å². The predicted molar refractivity (Wildman–Crippen MR) is 120 cm³/mol. The molecule has 4 rings (SSSR count). The first-order valence-electron chi connectivity index (χ1n) is 12.7. The van der Waals surface area contributed by atoms with Crippen molar-refractivity contribution < 1.29 is 9.59 Å². The van der Waals surface area contributed by atoms with Crippen molar-refractivity contribution in [2.45, 2.75) is 78.1 Å². The van der Waals surface area contributed by atoms with Gasteiger partial charge in [0.15, 0.2) is 0 Å². The molecule has 0 unspecified atom stereocenters. The van der Waals surface area contributed by atoms with Gasteiger partial charge in [0.2, 0.25) is 11.8 Å². The van der Waals surface area contributed by atoms with Crippen molar-refractivity contribution >= 4 is 11.8 Å². The SMILES string of the molecule is CC(=O)N1CCC2(CCC(CN3CCN(C(=O)[C@H]4CC[C@H](C)CC4)CC3)CC2)CC1. The van der Waals surface area contributed by atoms with Crippen LogP contribution in [0.2, 0.25) is 0 Å². The van der Waals surface area contributed by atoms with Crippen molar-refractivity contribution in [3.05, 3.63) is 0 Å². The number of piperidine rings is 1. The molecule has 0 aromatic rings. The maximum absolute atomic E-state index is 12.9. The third-order valence-corrected chi connectivity index (χ3v) is 9.00. The fourth-order valence-electron chi connectivity index (χ4n) is 6.55. The highest BCUT2D eigenvalue weighted by molar-refractivity contribution is 5.79. The largest absolute Gasteiger partial charge is 0.343 e. The first kappa shape index (κ1) is 22.1. The van der Waals surface area contributed by atoms with Crippen molar-refractivity contribution in [2.24, 2.45) is 23.2 Å². The fourth-order valence-corrected chi connectivity index (χ4v) is 6.55. The Bertz CT molecular complexity index is 588. The van der Waals surface area contributed by atoms with Crippen LogP contribution in [-0.4, -0.2) is 72.3 Å². The zero-order valence-electron chi connectivity index (χ0n) is 19.4. The van der Waals surface area contributed by atoms with Gasteiger partial charge in [0.25, 0.3) is 0 Å². The molecule has 4 aliphatic rings. The molecule has 2 amide bonds. The van der Waals surface area contributed by atoms with Crippen molar-refractivity contribution in [1.82, 2.24) is 14.7 Å². The molecule has 0 N–H and O–H groups in total. The lowest BCUT2D eigenvalue weighted by Gasteiger charge is -2.47. The van der Waals surface area contributed by atoms with Gasteiger partial charge < -0.3 is 9.80 Å². The third kappa shape index (κ3) is 5.20. The lowest BCUT2D eigenvalue weighted by molar-refractivity contribution is -0.138. The summed E-state index contributed by atoms with van der Waals surface area (Å²) in [5.41, 5.74) is 0.519. The van der Waals surface area contributed by atoms with Gasteiger partial charge in [0, 0.05) is 58.7 Å². The minimum atomic E-state index is 0.245. The van der Waals surface area contributed by atoms with Crippen LogP contribution in [0.3, 0.4) is 0 Å². The number of piperazine rings is 1. The molecule has 0 bridgehead atoms. The van der Waals surface area contributed by atoms with Gasteiger partial charge in [-0.2, -0.15) is 0 Å². The zero-order chi connectivity index (χ0) is 21.1. The van der Waals surface area contributed by atoms with Crippen molar-refractivity contribution in [3.63, 3.8) is 0 Å². The highest BCUT2D eigenvalue weighted by atomic mass is 16.2. The Hall–Kier alpha value is -1.10. The molecule has 2 aliphatic heterocycles. The van der Waals surface area contributed by atoms with Crippen LogP contribution in [0.15, 0.2) is 0 Å². The number of likely N-dealkylation sites (tertiary alicyclic amines) is 1. The topological polar surface area (TPSA) is 43.9 Å². The number of rotatable bonds is 3. The van der Waals surface area contributed by atoms with E-state index < -0.39 is 0 Å². The Morgan fingerprint density at radius 3 is 1.93 bits per heavy atom. The van der Waals surface area contributed by atoms with Gasteiger partial charge in [-0.15, -0.1) is 0 Å². The van der Waals surface area contributed by atoms with E-state index in [0.717, 1.165) is 63.9 Å². The van der Waals surface area contributed by atoms with Crippen LogP contribution in [0.5, 0.6) is 0 Å². The summed E-state index contributed by atoms with van der Waals surface area (Å²) in [6, 6.07) is 0. The maximum Gasteiger partial charge on any atom is 0.225 e. The van der Waals surface area contributed by atoms with Crippen LogP contribution in [0.1, 0.15) is 78.1 Å². The van der Waals surface area contributed by atoms with Crippen LogP contribution in [0.25, 0.3) is 0 Å². The quantitative estimate of drug-likeness (QED) is 0.702. The standard InChI is InChI=1S/C25H43N3O2/c1-20-3-5-23(6-4-20)24(30)28-17-15-26(16-18-28)19-22-7-9-25(10-8-22)11-13-27(14-12-25)21(2)29/h20,22-23H,3-19H2,1-2H3/t20-,23-. The summed E-state index contributed by atoms with van der Waals surface area (Å²) in [4.78, 5) is 31.3. The van der Waals surface area contributed by atoms with E-state index in [4.69, 9.17) is 0 Å². The zero-order valence-corrected chi connectivity index (χ0v) is 19.4. The molecule has 5 nitrogen and oxygen atoms in total. The molecule has 2 saturated heterocycles. The molecule has 170 valence electrons. The molecule has 0 aromatic carbocycles. The summed E-state index contributed by atoms with van der Waals surface area (Å²) < 4.78 is 0. The number of hydrogen-bond donors (Lipinski definition) is 0. The second kappa shape index (κ2) is 9.58. The van der Waals surface area contributed by atoms with Crippen molar-refractivity contribution in [2.75, 3.05) is 45.8 Å². The smallest absolute Gasteiger partial charge is 0.225 e. The van der Waals surface area contributed by atoms with Crippen molar-refractivity contribution in [1.29, 1.82) is 0 Å². The van der Waals surface area contributed by atoms with Crippen LogP contribution in [0, 0.1) is 23.2 Å². The summed E-state index contributed by atoms with van der Waals surface area (Å²) in [5.74, 6) is 2.62. The van der Waals surface area contributed by atoms with E-state index in [0.29, 0.717) is 17.2 Å². The van der Waals surface area contributed by atoms with E-state index in [1.54, 1.807) is 6.92 Å². The van der Waals surface area contributed by atoms with Crippen molar-refractivity contribution in [3.8, 4) is 0 Å². The minimum absolute atomic E-state index is 0.245. The summed E-state index contributed by atoms with van der Waals surface area (Å²) in [5, 5.41) is 0. The number of carbonyl (C=O) groups excluding carboxylic acids is 2. The van der Waals surface area contributed by atoms with E-state index in [-0.39, 0.29) is 5.91 Å². The van der Waals surface area contributed by atoms with E-state index in [1.165, 1.54) is 57.9 Å². The first-order valence-corrected chi connectivity index (χ1v) is 12.7. The van der Waals surface area contributed by atoms with E-state index in [1.807, 2.05) is 4.90 Å². The molecule has 30 heavy (non-hydrogen) atoms. The molecule has 1 spiro atoms. The molecule has 0 radical (unpaired) electrons. The first-order chi connectivity index (χ1) is 14.4. The maximum atomic E-state index is 12.9. The van der Waals surface area contributed by atoms with E-state index in [9.17, 15) is 9.59 Å². The molecule has 4 fully saturated rings. The summed E-state index contributed by atoms with van der Waals surface area (Å²) in [7, 11) is 0. The molecule has 0 atom stereocenters. The highest BCUT2D eigenvalue weighted by Crippen LogP contribution is 2.46. The Balaban J connectivity index is 1.16. The normalized spacial score (nSPS) is 31.1. The fraction of sp³-hybridized carbons (Fsp3) is 0.920. The van der Waals surface area contributed by atoms with Gasteiger partial charge in [-0.25, -0.2) is 0 Å². The number of nitrogens with zero attached hydrogens (tertiary/aromatic N) is 3. The van der Waals surface area contributed by atoms with E-state index in [2.05, 4.69) is 16.7 Å². The lowest BCUT2D eigenvalue weighted by atomic mass is 9.65. The molecule has 2 saturated carbocycles. The second-order valence-corrected chi connectivity index (χ2v) is 11.0. The molecule has 2 aliphatic carbocycles. The number of amides is 2. The van der Waals surface area contributed by atoms with Crippen LogP contribution < -0.4 is 0 Å². The Kier molecular flexibility index (Phi) is 7.06. The summed E-state index contributed by atoms with van der Waals surface area (Å²) in [6.45, 7) is 11.2. The molecular weight excluding hydrogens is 374 g/mol. The Morgan fingerprint density at radius 2 is 1.37 bits per heavy atom. The molecule has 2 heterocycles. The predicted octanol–water partition coefficient (Wildman–Crippen LogP) is 3.78. The van der Waals surface area contributed by atoms with Crippen LogP contribution >= 0.6 is 0 Å². The Morgan fingerprint density at radius 1 is 0.767 bits per heavy atom. The second-order valence-electron chi connectivity index (χ2n) is 11.0. The molecule has 5 heteroatoms. The monoisotopic (exact) mass is 417 g/mol. The lowest BCUT2D eigenvalue weighted by Crippen LogP contribution is -2.52. The van der Waals surface area contributed by atoms with Gasteiger partial charge in [0.1, 0.15) is 0 Å². The average Bonchev–Trinajstić information content (AvgIpc) is 2.76. The van der Waals surface area contributed by atoms with Gasteiger partial charge in [0.05, 0.1) is 0 Å². The number of carbonyl (C=O) groups is 2. The van der Waals surface area contributed by atoms with E-state index >= 15 is 0 Å². The van der Waals surface area contributed by atoms with Gasteiger partial charge in [-0.1, -0.05) is 6.92 Å². The molecule has 0 aromatic heterocycles. The minimum Gasteiger partial charge on any atom is -0.343 e. The summed E-state index contributed by atoms with van der Waals surface area (Å²) >= 11 is 0. The third-order valence-electron chi connectivity index (χ3n) is 9.00. The Labute approximate surface area is 183 Å². The number of hydrogen-bond acceptors (Lipinski definition) is 3. The highest BCUT2D eigenvalue weighted by Gasteiger charge is 2.39. The average molecular weight is 418 g/mol. The van der Waals surface area contributed by atoms with Gasteiger partial charge in [-0.3, -0.25) is 14.5 Å². The van der Waals surface area contributed by atoms with Crippen LogP contribution in [-0.2, 0) is 9.59 Å². The summed E-state index contributed by atoms with van der Waals surface area (Å²) in [6.07, 6.45) is 12.5.